The fourth-order valence-corrected chi connectivity index (χ4v) is 3.21. The molecule has 1 saturated heterocycles. The summed E-state index contributed by atoms with van der Waals surface area (Å²) >= 11 is 0. The minimum atomic E-state index is 0.638. The molecule has 1 aromatic heterocycles. The quantitative estimate of drug-likeness (QED) is 0.848. The first-order valence-corrected chi connectivity index (χ1v) is 7.41. The normalized spacial score (nSPS) is 27.3. The monoisotopic (exact) mass is 263 g/mol. The van der Waals surface area contributed by atoms with Crippen molar-refractivity contribution in [2.75, 3.05) is 38.5 Å². The number of rotatable bonds is 4. The third-order valence-corrected chi connectivity index (χ3v) is 4.39. The van der Waals surface area contributed by atoms with Crippen LogP contribution in [0.15, 0.2) is 6.07 Å². The molecule has 0 unspecified atom stereocenters. The van der Waals surface area contributed by atoms with E-state index in [2.05, 4.69) is 45.4 Å². The zero-order valence-electron chi connectivity index (χ0n) is 12.0. The number of hydrogen-bond donors (Lipinski definition) is 2. The zero-order chi connectivity index (χ0) is 13.2. The van der Waals surface area contributed by atoms with Crippen molar-refractivity contribution in [2.45, 2.75) is 32.4 Å². The van der Waals surface area contributed by atoms with E-state index in [-0.39, 0.29) is 0 Å². The highest BCUT2D eigenvalue weighted by Crippen LogP contribution is 2.18. The summed E-state index contributed by atoms with van der Waals surface area (Å²) in [5.74, 6) is 1.81. The van der Waals surface area contributed by atoms with Gasteiger partial charge in [0, 0.05) is 44.2 Å². The lowest BCUT2D eigenvalue weighted by Crippen LogP contribution is -2.40. The van der Waals surface area contributed by atoms with Crippen molar-refractivity contribution in [1.29, 1.82) is 0 Å². The topological polar surface area (TPSA) is 45.1 Å². The highest BCUT2D eigenvalue weighted by atomic mass is 15.3. The average Bonchev–Trinajstić information content (AvgIpc) is 2.94. The second-order valence-corrected chi connectivity index (χ2v) is 6.03. The van der Waals surface area contributed by atoms with Gasteiger partial charge in [0.05, 0.1) is 5.69 Å². The average molecular weight is 263 g/mol. The summed E-state index contributed by atoms with van der Waals surface area (Å²) in [6, 6.07) is 2.86. The van der Waals surface area contributed by atoms with Crippen LogP contribution in [0.2, 0.25) is 0 Å². The molecule has 1 fully saturated rings. The molecule has 3 heterocycles. The molecular weight excluding hydrogens is 238 g/mol. The number of nitrogens with zero attached hydrogens (tertiary/aromatic N) is 3. The molecule has 3 rings (SSSR count). The van der Waals surface area contributed by atoms with E-state index in [1.165, 1.54) is 25.2 Å². The van der Waals surface area contributed by atoms with Gasteiger partial charge in [0.2, 0.25) is 0 Å². The Bertz CT molecular complexity index is 427. The van der Waals surface area contributed by atoms with Crippen molar-refractivity contribution in [3.8, 4) is 0 Å². The number of likely N-dealkylation sites (tertiary alicyclic amines) is 1. The van der Waals surface area contributed by atoms with Crippen LogP contribution in [0.3, 0.4) is 0 Å². The summed E-state index contributed by atoms with van der Waals surface area (Å²) in [7, 11) is 2.24. The van der Waals surface area contributed by atoms with Gasteiger partial charge < -0.3 is 15.5 Å². The zero-order valence-corrected chi connectivity index (χ0v) is 12.0. The molecule has 0 radical (unpaired) electrons. The first-order chi connectivity index (χ1) is 9.22. The summed E-state index contributed by atoms with van der Waals surface area (Å²) < 4.78 is 2.10. The van der Waals surface area contributed by atoms with Crippen molar-refractivity contribution < 1.29 is 0 Å². The molecule has 0 aromatic carbocycles. The van der Waals surface area contributed by atoms with Crippen LogP contribution < -0.4 is 10.6 Å². The summed E-state index contributed by atoms with van der Waals surface area (Å²) in [5, 5.41) is 11.6. The first-order valence-electron chi connectivity index (χ1n) is 7.41. The maximum Gasteiger partial charge on any atom is 0.124 e. The van der Waals surface area contributed by atoms with Crippen LogP contribution in [0.25, 0.3) is 0 Å². The van der Waals surface area contributed by atoms with Crippen molar-refractivity contribution in [2.24, 2.45) is 5.92 Å². The van der Waals surface area contributed by atoms with Crippen LogP contribution in [0.4, 0.5) is 5.82 Å². The van der Waals surface area contributed by atoms with Crippen molar-refractivity contribution >= 4 is 5.82 Å². The van der Waals surface area contributed by atoms with E-state index in [0.717, 1.165) is 37.9 Å². The Balaban J connectivity index is 1.44. The third kappa shape index (κ3) is 2.92. The van der Waals surface area contributed by atoms with Gasteiger partial charge >= 0.3 is 0 Å². The fourth-order valence-electron chi connectivity index (χ4n) is 3.21. The maximum atomic E-state index is 4.52. The van der Waals surface area contributed by atoms with Crippen LogP contribution in [0.1, 0.15) is 18.5 Å². The van der Waals surface area contributed by atoms with E-state index in [1.807, 2.05) is 0 Å². The number of aryl methyl sites for hydroxylation is 1. The van der Waals surface area contributed by atoms with E-state index in [1.54, 1.807) is 0 Å². The van der Waals surface area contributed by atoms with E-state index in [0.29, 0.717) is 5.92 Å². The highest BCUT2D eigenvalue weighted by Gasteiger charge is 2.22. The smallest absolute Gasteiger partial charge is 0.124 e. The Labute approximate surface area is 115 Å². The third-order valence-electron chi connectivity index (χ3n) is 4.39. The van der Waals surface area contributed by atoms with E-state index < -0.39 is 0 Å². The lowest BCUT2D eigenvalue weighted by atomic mass is 10.1. The molecule has 0 spiro atoms. The van der Waals surface area contributed by atoms with Crippen LogP contribution in [-0.4, -0.2) is 53.9 Å². The molecule has 2 N–H and O–H groups in total. The molecular formula is C14H25N5. The number of fused-ring (bicyclic) bond motifs is 1. The fraction of sp³-hybridized carbons (Fsp3) is 0.786. The Hall–Kier alpha value is -1.07. The predicted molar refractivity (Wildman–Crippen MR) is 77.5 cm³/mol. The van der Waals surface area contributed by atoms with Gasteiger partial charge in [-0.3, -0.25) is 0 Å². The van der Waals surface area contributed by atoms with Gasteiger partial charge in [-0.25, -0.2) is 4.68 Å². The van der Waals surface area contributed by atoms with Crippen LogP contribution in [-0.2, 0) is 6.54 Å². The van der Waals surface area contributed by atoms with Crippen LogP contribution in [0, 0.1) is 12.8 Å². The van der Waals surface area contributed by atoms with Crippen molar-refractivity contribution in [3.05, 3.63) is 11.8 Å². The van der Waals surface area contributed by atoms with Gasteiger partial charge in [-0.1, -0.05) is 0 Å². The molecule has 19 heavy (non-hydrogen) atoms. The van der Waals surface area contributed by atoms with Gasteiger partial charge in [-0.15, -0.1) is 0 Å². The second kappa shape index (κ2) is 5.51. The first kappa shape index (κ1) is 12.9. The van der Waals surface area contributed by atoms with Gasteiger partial charge in [-0.05, 0) is 33.4 Å². The largest absolute Gasteiger partial charge is 0.370 e. The second-order valence-electron chi connectivity index (χ2n) is 6.03. The molecule has 2 atom stereocenters. The van der Waals surface area contributed by atoms with Gasteiger partial charge in [0.25, 0.3) is 0 Å². The molecule has 0 bridgehead atoms. The molecule has 0 amide bonds. The Morgan fingerprint density at radius 2 is 2.37 bits per heavy atom. The van der Waals surface area contributed by atoms with E-state index >= 15 is 0 Å². The van der Waals surface area contributed by atoms with Gasteiger partial charge in [0.15, 0.2) is 0 Å². The summed E-state index contributed by atoms with van der Waals surface area (Å²) in [5.41, 5.74) is 1.10. The number of nitrogens with one attached hydrogen (secondary N) is 2. The summed E-state index contributed by atoms with van der Waals surface area (Å²) in [6.45, 7) is 7.60. The molecule has 0 aliphatic carbocycles. The number of aromatic nitrogens is 2. The highest BCUT2D eigenvalue weighted by molar-refractivity contribution is 5.38. The number of anilines is 1. The minimum Gasteiger partial charge on any atom is -0.370 e. The molecule has 2 aliphatic rings. The standard InChI is InChI=1S/C14H25N5/c1-11-6-14-16-8-12(10-19(14)17-11)7-15-9-13-4-3-5-18(13)2/h6,12-13,15-16H,3-5,7-10H2,1-2H3/t12-,13+/m0/s1. The number of hydrogen-bond acceptors (Lipinski definition) is 4. The van der Waals surface area contributed by atoms with Gasteiger partial charge in [0.1, 0.15) is 5.82 Å². The Kier molecular flexibility index (Phi) is 3.75. The number of likely N-dealkylation sites (N-methyl/N-ethyl adjacent to an activating group) is 1. The lowest BCUT2D eigenvalue weighted by molar-refractivity contribution is 0.290. The van der Waals surface area contributed by atoms with E-state index in [9.17, 15) is 0 Å². The maximum absolute atomic E-state index is 4.52. The Morgan fingerprint density at radius 3 is 3.16 bits per heavy atom. The molecule has 2 aliphatic heterocycles. The molecule has 5 nitrogen and oxygen atoms in total. The summed E-state index contributed by atoms with van der Waals surface area (Å²) in [6.07, 6.45) is 2.69. The van der Waals surface area contributed by atoms with Gasteiger partial charge in [-0.2, -0.15) is 5.10 Å². The van der Waals surface area contributed by atoms with Crippen LogP contribution in [0.5, 0.6) is 0 Å². The Morgan fingerprint density at radius 1 is 1.47 bits per heavy atom. The van der Waals surface area contributed by atoms with Crippen LogP contribution >= 0.6 is 0 Å². The molecule has 106 valence electrons. The summed E-state index contributed by atoms with van der Waals surface area (Å²) in [4.78, 5) is 2.47. The molecule has 5 heteroatoms. The lowest BCUT2D eigenvalue weighted by Gasteiger charge is -2.26. The van der Waals surface area contributed by atoms with E-state index in [4.69, 9.17) is 0 Å². The van der Waals surface area contributed by atoms with Crippen molar-refractivity contribution in [3.63, 3.8) is 0 Å². The minimum absolute atomic E-state index is 0.638. The predicted octanol–water partition coefficient (Wildman–Crippen LogP) is 0.917. The SMILES string of the molecule is Cc1cc2n(n1)C[C@@H](CNC[C@H]1CCCN1C)CN2. The molecule has 1 aromatic rings. The molecule has 0 saturated carbocycles. The van der Waals surface area contributed by atoms with Crippen molar-refractivity contribution in [1.82, 2.24) is 20.0 Å².